The largest absolute Gasteiger partial charge is 0.381 e. The molecule has 0 bridgehead atoms. The molecule has 1 aromatic rings. The standard InChI is InChI=1S/C15H20BrNO2/c1-10-5-4-6-13(14(10)16)15(18)17-8-7-12(19-3)9-11(17)2/h4-6,11-12H,7-9H2,1-3H3. The van der Waals surface area contributed by atoms with Crippen molar-refractivity contribution in [1.29, 1.82) is 0 Å². The Hall–Kier alpha value is -0.870. The van der Waals surface area contributed by atoms with Gasteiger partial charge in [-0.3, -0.25) is 4.79 Å². The van der Waals surface area contributed by atoms with Gasteiger partial charge in [0.15, 0.2) is 0 Å². The van der Waals surface area contributed by atoms with Crippen molar-refractivity contribution in [2.24, 2.45) is 0 Å². The van der Waals surface area contributed by atoms with Crippen molar-refractivity contribution < 1.29 is 9.53 Å². The smallest absolute Gasteiger partial charge is 0.255 e. The third kappa shape index (κ3) is 3.00. The quantitative estimate of drug-likeness (QED) is 0.834. The molecule has 0 radical (unpaired) electrons. The molecule has 1 aliphatic rings. The van der Waals surface area contributed by atoms with Crippen LogP contribution in [-0.4, -0.2) is 36.6 Å². The van der Waals surface area contributed by atoms with E-state index in [9.17, 15) is 4.79 Å². The Bertz CT molecular complexity index is 475. The minimum Gasteiger partial charge on any atom is -0.381 e. The molecular weight excluding hydrogens is 306 g/mol. The molecule has 2 unspecified atom stereocenters. The molecule has 1 amide bonds. The van der Waals surface area contributed by atoms with Gasteiger partial charge in [-0.15, -0.1) is 0 Å². The van der Waals surface area contributed by atoms with Gasteiger partial charge in [0.1, 0.15) is 0 Å². The zero-order valence-electron chi connectivity index (χ0n) is 11.6. The highest BCUT2D eigenvalue weighted by Gasteiger charge is 2.30. The van der Waals surface area contributed by atoms with E-state index >= 15 is 0 Å². The zero-order valence-corrected chi connectivity index (χ0v) is 13.2. The molecule has 0 saturated carbocycles. The van der Waals surface area contributed by atoms with Crippen LogP contribution in [0.15, 0.2) is 22.7 Å². The number of rotatable bonds is 2. The molecule has 104 valence electrons. The average Bonchev–Trinajstić information content (AvgIpc) is 2.41. The summed E-state index contributed by atoms with van der Waals surface area (Å²) < 4.78 is 6.29. The molecule has 0 spiro atoms. The van der Waals surface area contributed by atoms with Crippen LogP contribution >= 0.6 is 15.9 Å². The van der Waals surface area contributed by atoms with E-state index in [4.69, 9.17) is 4.74 Å². The van der Waals surface area contributed by atoms with Gasteiger partial charge in [-0.05, 0) is 54.2 Å². The fourth-order valence-electron chi connectivity index (χ4n) is 2.61. The molecule has 19 heavy (non-hydrogen) atoms. The van der Waals surface area contributed by atoms with Gasteiger partial charge in [0, 0.05) is 24.2 Å². The van der Waals surface area contributed by atoms with Gasteiger partial charge in [-0.25, -0.2) is 0 Å². The molecular formula is C15H20BrNO2. The predicted octanol–water partition coefficient (Wildman–Crippen LogP) is 3.40. The first kappa shape index (κ1) is 14.5. The van der Waals surface area contributed by atoms with Crippen molar-refractivity contribution >= 4 is 21.8 Å². The van der Waals surface area contributed by atoms with Gasteiger partial charge >= 0.3 is 0 Å². The topological polar surface area (TPSA) is 29.5 Å². The Kier molecular flexibility index (Phi) is 4.63. The van der Waals surface area contributed by atoms with Crippen LogP contribution in [0.2, 0.25) is 0 Å². The Labute approximate surface area is 123 Å². The van der Waals surface area contributed by atoms with Gasteiger partial charge < -0.3 is 9.64 Å². The van der Waals surface area contributed by atoms with Crippen LogP contribution in [0.4, 0.5) is 0 Å². The highest BCUT2D eigenvalue weighted by molar-refractivity contribution is 9.10. The van der Waals surface area contributed by atoms with Crippen LogP contribution in [0.1, 0.15) is 35.7 Å². The average molecular weight is 326 g/mol. The maximum absolute atomic E-state index is 12.6. The van der Waals surface area contributed by atoms with Crippen LogP contribution < -0.4 is 0 Å². The van der Waals surface area contributed by atoms with Crippen molar-refractivity contribution in [3.8, 4) is 0 Å². The number of halogens is 1. The highest BCUT2D eigenvalue weighted by atomic mass is 79.9. The maximum Gasteiger partial charge on any atom is 0.255 e. The summed E-state index contributed by atoms with van der Waals surface area (Å²) in [6.45, 7) is 4.85. The molecule has 1 aliphatic heterocycles. The summed E-state index contributed by atoms with van der Waals surface area (Å²) in [5.41, 5.74) is 1.84. The summed E-state index contributed by atoms with van der Waals surface area (Å²) in [5, 5.41) is 0. The van der Waals surface area contributed by atoms with E-state index in [1.165, 1.54) is 0 Å². The number of ether oxygens (including phenoxy) is 1. The van der Waals surface area contributed by atoms with E-state index in [2.05, 4.69) is 22.9 Å². The SMILES string of the molecule is COC1CCN(C(=O)c2cccc(C)c2Br)C(C)C1. The zero-order chi connectivity index (χ0) is 14.0. The molecule has 2 rings (SSSR count). The van der Waals surface area contributed by atoms with E-state index < -0.39 is 0 Å². The molecule has 1 fully saturated rings. The third-order valence-electron chi connectivity index (χ3n) is 3.84. The normalized spacial score (nSPS) is 23.5. The Balaban J connectivity index is 2.18. The summed E-state index contributed by atoms with van der Waals surface area (Å²) in [7, 11) is 1.74. The van der Waals surface area contributed by atoms with Crippen molar-refractivity contribution in [3.63, 3.8) is 0 Å². The van der Waals surface area contributed by atoms with Gasteiger partial charge in [0.2, 0.25) is 0 Å². The lowest BCUT2D eigenvalue weighted by Gasteiger charge is -2.37. The van der Waals surface area contributed by atoms with E-state index in [1.54, 1.807) is 7.11 Å². The Morgan fingerprint density at radius 1 is 1.47 bits per heavy atom. The highest BCUT2D eigenvalue weighted by Crippen LogP contribution is 2.26. The predicted molar refractivity (Wildman–Crippen MR) is 79.4 cm³/mol. The number of amides is 1. The van der Waals surface area contributed by atoms with Gasteiger partial charge in [-0.2, -0.15) is 0 Å². The summed E-state index contributed by atoms with van der Waals surface area (Å²) in [5.74, 6) is 0.109. The second kappa shape index (κ2) is 6.06. The van der Waals surface area contributed by atoms with Crippen molar-refractivity contribution in [1.82, 2.24) is 4.90 Å². The van der Waals surface area contributed by atoms with E-state index in [-0.39, 0.29) is 18.1 Å². The number of hydrogen-bond acceptors (Lipinski definition) is 2. The van der Waals surface area contributed by atoms with Crippen molar-refractivity contribution in [3.05, 3.63) is 33.8 Å². The fraction of sp³-hybridized carbons (Fsp3) is 0.533. The number of hydrogen-bond donors (Lipinski definition) is 0. The number of benzene rings is 1. The Morgan fingerprint density at radius 2 is 2.21 bits per heavy atom. The van der Waals surface area contributed by atoms with Gasteiger partial charge in [0.05, 0.1) is 11.7 Å². The lowest BCUT2D eigenvalue weighted by Crippen LogP contribution is -2.46. The number of likely N-dealkylation sites (tertiary alicyclic amines) is 1. The molecule has 0 N–H and O–H groups in total. The second-order valence-electron chi connectivity index (χ2n) is 5.17. The molecule has 1 saturated heterocycles. The third-order valence-corrected chi connectivity index (χ3v) is 4.90. The maximum atomic E-state index is 12.6. The Morgan fingerprint density at radius 3 is 2.84 bits per heavy atom. The van der Waals surface area contributed by atoms with Crippen molar-refractivity contribution in [2.45, 2.75) is 38.8 Å². The summed E-state index contributed by atoms with van der Waals surface area (Å²) >= 11 is 3.52. The molecule has 2 atom stereocenters. The monoisotopic (exact) mass is 325 g/mol. The number of methoxy groups -OCH3 is 1. The van der Waals surface area contributed by atoms with Crippen LogP contribution in [0.25, 0.3) is 0 Å². The first-order valence-corrected chi connectivity index (χ1v) is 7.42. The molecule has 1 aromatic carbocycles. The van der Waals surface area contributed by atoms with E-state index in [0.29, 0.717) is 0 Å². The fourth-order valence-corrected chi connectivity index (χ4v) is 3.05. The number of carbonyl (C=O) groups is 1. The second-order valence-corrected chi connectivity index (χ2v) is 5.96. The summed E-state index contributed by atoms with van der Waals surface area (Å²) in [4.78, 5) is 14.6. The molecule has 3 nitrogen and oxygen atoms in total. The van der Waals surface area contributed by atoms with E-state index in [0.717, 1.165) is 35.0 Å². The minimum atomic E-state index is 0.109. The number of nitrogens with zero attached hydrogens (tertiary/aromatic N) is 1. The van der Waals surface area contributed by atoms with Crippen LogP contribution in [0.3, 0.4) is 0 Å². The molecule has 0 aliphatic carbocycles. The van der Waals surface area contributed by atoms with Crippen LogP contribution in [0.5, 0.6) is 0 Å². The lowest BCUT2D eigenvalue weighted by molar-refractivity contribution is 0.0159. The van der Waals surface area contributed by atoms with E-state index in [1.807, 2.05) is 30.0 Å². The summed E-state index contributed by atoms with van der Waals surface area (Å²) in [6.07, 6.45) is 2.10. The van der Waals surface area contributed by atoms with Crippen molar-refractivity contribution in [2.75, 3.05) is 13.7 Å². The first-order chi connectivity index (χ1) is 9.04. The number of aryl methyl sites for hydroxylation is 1. The molecule has 1 heterocycles. The van der Waals surface area contributed by atoms with Gasteiger partial charge in [0.25, 0.3) is 5.91 Å². The molecule has 0 aromatic heterocycles. The number of carbonyl (C=O) groups excluding carboxylic acids is 1. The lowest BCUT2D eigenvalue weighted by atomic mass is 9.99. The van der Waals surface area contributed by atoms with Gasteiger partial charge in [-0.1, -0.05) is 12.1 Å². The number of piperidine rings is 1. The first-order valence-electron chi connectivity index (χ1n) is 6.63. The van der Waals surface area contributed by atoms with Crippen LogP contribution in [0, 0.1) is 6.92 Å². The molecule has 4 heteroatoms. The summed E-state index contributed by atoms with van der Waals surface area (Å²) in [6, 6.07) is 6.04. The minimum absolute atomic E-state index is 0.109. The van der Waals surface area contributed by atoms with Crippen LogP contribution in [-0.2, 0) is 4.74 Å².